The van der Waals surface area contributed by atoms with E-state index >= 15 is 0 Å². The Morgan fingerprint density at radius 3 is 2.90 bits per heavy atom. The van der Waals surface area contributed by atoms with Gasteiger partial charge >= 0.3 is 0 Å². The van der Waals surface area contributed by atoms with Crippen LogP contribution in [0.2, 0.25) is 0 Å². The van der Waals surface area contributed by atoms with Crippen LogP contribution in [-0.4, -0.2) is 19.8 Å². The van der Waals surface area contributed by atoms with Gasteiger partial charge < -0.3 is 10.6 Å². The molecule has 0 bridgehead atoms. The van der Waals surface area contributed by atoms with E-state index in [4.69, 9.17) is 12.2 Å². The van der Waals surface area contributed by atoms with Crippen molar-refractivity contribution in [3.8, 4) is 0 Å². The van der Waals surface area contributed by atoms with Crippen molar-refractivity contribution in [3.05, 3.63) is 51.8 Å². The summed E-state index contributed by atoms with van der Waals surface area (Å²) in [6.45, 7) is 2.52. The molecule has 21 heavy (non-hydrogen) atoms. The van der Waals surface area contributed by atoms with E-state index in [0.717, 1.165) is 11.3 Å². The number of nitrogens with zero attached hydrogens (tertiary/aromatic N) is 3. The highest BCUT2D eigenvalue weighted by Gasteiger charge is 2.07. The average molecular weight is 305 g/mol. The summed E-state index contributed by atoms with van der Waals surface area (Å²) in [5.74, 6) is 0. The maximum absolute atomic E-state index is 10.7. The average Bonchev–Trinajstić information content (AvgIpc) is 2.77. The van der Waals surface area contributed by atoms with E-state index in [1.165, 1.54) is 12.1 Å². The predicted octanol–water partition coefficient (Wildman–Crippen LogP) is 2.12. The Morgan fingerprint density at radius 1 is 1.52 bits per heavy atom. The second kappa shape index (κ2) is 6.31. The van der Waals surface area contributed by atoms with Crippen LogP contribution >= 0.6 is 12.2 Å². The standard InChI is InChI=1S/C13H15N5O2S/c1-9-10(8-15-17(9)2)7-14-13(21)16-11-4-3-5-12(6-11)18(19)20/h3-6,8H,7H2,1-2H3,(H2,14,16,21). The first-order valence-corrected chi connectivity index (χ1v) is 6.65. The zero-order chi connectivity index (χ0) is 15.4. The summed E-state index contributed by atoms with van der Waals surface area (Å²) in [4.78, 5) is 10.3. The van der Waals surface area contributed by atoms with Crippen LogP contribution in [0.5, 0.6) is 0 Å². The number of aryl methyl sites for hydroxylation is 1. The lowest BCUT2D eigenvalue weighted by Gasteiger charge is -2.10. The van der Waals surface area contributed by atoms with Gasteiger partial charge in [0.1, 0.15) is 0 Å². The largest absolute Gasteiger partial charge is 0.358 e. The molecule has 2 rings (SSSR count). The highest BCUT2D eigenvalue weighted by atomic mass is 32.1. The quantitative estimate of drug-likeness (QED) is 0.511. The lowest BCUT2D eigenvalue weighted by molar-refractivity contribution is -0.384. The Kier molecular flexibility index (Phi) is 4.49. The Labute approximate surface area is 127 Å². The number of aromatic nitrogens is 2. The summed E-state index contributed by atoms with van der Waals surface area (Å²) in [5, 5.41) is 21.2. The minimum atomic E-state index is -0.444. The minimum absolute atomic E-state index is 0.0194. The van der Waals surface area contributed by atoms with Crippen LogP contribution in [0.1, 0.15) is 11.3 Å². The molecule has 0 radical (unpaired) electrons. The molecule has 0 amide bonds. The van der Waals surface area contributed by atoms with Crippen molar-refractivity contribution in [2.75, 3.05) is 5.32 Å². The van der Waals surface area contributed by atoms with E-state index in [2.05, 4.69) is 15.7 Å². The molecule has 0 saturated carbocycles. The lowest BCUT2D eigenvalue weighted by Crippen LogP contribution is -2.28. The van der Waals surface area contributed by atoms with E-state index in [1.807, 2.05) is 14.0 Å². The van der Waals surface area contributed by atoms with Gasteiger partial charge in [0, 0.05) is 42.7 Å². The summed E-state index contributed by atoms with van der Waals surface area (Å²) >= 11 is 5.17. The van der Waals surface area contributed by atoms with Gasteiger partial charge in [0.25, 0.3) is 5.69 Å². The topological polar surface area (TPSA) is 85.0 Å². The van der Waals surface area contributed by atoms with Crippen LogP contribution in [0, 0.1) is 17.0 Å². The van der Waals surface area contributed by atoms with Crippen molar-refractivity contribution >= 4 is 28.7 Å². The van der Waals surface area contributed by atoms with Gasteiger partial charge in [-0.2, -0.15) is 5.10 Å². The Morgan fingerprint density at radius 2 is 2.29 bits per heavy atom. The first kappa shape index (κ1) is 14.9. The predicted molar refractivity (Wildman–Crippen MR) is 84.1 cm³/mol. The fourth-order valence-electron chi connectivity index (χ4n) is 1.77. The maximum atomic E-state index is 10.7. The molecule has 0 aliphatic rings. The van der Waals surface area contributed by atoms with E-state index in [1.54, 1.807) is 23.0 Å². The number of benzene rings is 1. The van der Waals surface area contributed by atoms with Crippen LogP contribution in [0.4, 0.5) is 11.4 Å². The highest BCUT2D eigenvalue weighted by molar-refractivity contribution is 7.80. The number of nitrogens with one attached hydrogen (secondary N) is 2. The molecular weight excluding hydrogens is 290 g/mol. The van der Waals surface area contributed by atoms with E-state index in [-0.39, 0.29) is 5.69 Å². The monoisotopic (exact) mass is 305 g/mol. The second-order valence-corrected chi connectivity index (χ2v) is 4.90. The summed E-state index contributed by atoms with van der Waals surface area (Å²) in [6.07, 6.45) is 1.78. The fraction of sp³-hybridized carbons (Fsp3) is 0.231. The number of hydrogen-bond acceptors (Lipinski definition) is 4. The second-order valence-electron chi connectivity index (χ2n) is 4.49. The minimum Gasteiger partial charge on any atom is -0.358 e. The third-order valence-corrected chi connectivity index (χ3v) is 3.34. The van der Waals surface area contributed by atoms with Gasteiger partial charge in [-0.05, 0) is 25.2 Å². The van der Waals surface area contributed by atoms with E-state index in [0.29, 0.717) is 17.3 Å². The van der Waals surface area contributed by atoms with Crippen LogP contribution in [0.15, 0.2) is 30.5 Å². The summed E-state index contributed by atoms with van der Waals surface area (Å²) in [5.41, 5.74) is 2.69. The number of nitro groups is 1. The normalized spacial score (nSPS) is 10.2. The maximum Gasteiger partial charge on any atom is 0.271 e. The molecule has 2 N–H and O–H groups in total. The molecule has 0 unspecified atom stereocenters. The van der Waals surface area contributed by atoms with Crippen molar-refractivity contribution in [1.82, 2.24) is 15.1 Å². The molecule has 1 heterocycles. The van der Waals surface area contributed by atoms with Gasteiger partial charge in [0.05, 0.1) is 11.1 Å². The van der Waals surface area contributed by atoms with Crippen LogP contribution in [-0.2, 0) is 13.6 Å². The third kappa shape index (κ3) is 3.76. The molecule has 1 aromatic carbocycles. The van der Waals surface area contributed by atoms with Crippen LogP contribution in [0.3, 0.4) is 0 Å². The molecule has 0 fully saturated rings. The van der Waals surface area contributed by atoms with Crippen molar-refractivity contribution < 1.29 is 4.92 Å². The molecule has 1 aromatic heterocycles. The van der Waals surface area contributed by atoms with Crippen LogP contribution in [0.25, 0.3) is 0 Å². The van der Waals surface area contributed by atoms with Gasteiger partial charge in [-0.3, -0.25) is 14.8 Å². The molecule has 0 saturated heterocycles. The third-order valence-electron chi connectivity index (χ3n) is 3.09. The number of hydrogen-bond donors (Lipinski definition) is 2. The van der Waals surface area contributed by atoms with E-state index < -0.39 is 4.92 Å². The van der Waals surface area contributed by atoms with Gasteiger partial charge in [-0.25, -0.2) is 0 Å². The van der Waals surface area contributed by atoms with Crippen molar-refractivity contribution in [3.63, 3.8) is 0 Å². The number of thiocarbonyl (C=S) groups is 1. The molecule has 110 valence electrons. The van der Waals surface area contributed by atoms with Gasteiger partial charge in [-0.15, -0.1) is 0 Å². The number of non-ortho nitro benzene ring substituents is 1. The molecule has 0 aliphatic carbocycles. The molecule has 0 spiro atoms. The zero-order valence-electron chi connectivity index (χ0n) is 11.7. The summed E-state index contributed by atoms with van der Waals surface area (Å²) in [6, 6.07) is 6.19. The first-order valence-electron chi connectivity index (χ1n) is 6.24. The van der Waals surface area contributed by atoms with Gasteiger partial charge in [-0.1, -0.05) is 6.07 Å². The number of rotatable bonds is 4. The summed E-state index contributed by atoms with van der Waals surface area (Å²) in [7, 11) is 1.87. The highest BCUT2D eigenvalue weighted by Crippen LogP contribution is 2.16. The summed E-state index contributed by atoms with van der Waals surface area (Å²) < 4.78 is 1.79. The van der Waals surface area contributed by atoms with Crippen LogP contribution < -0.4 is 10.6 Å². The number of anilines is 1. The van der Waals surface area contributed by atoms with E-state index in [9.17, 15) is 10.1 Å². The number of nitro benzene ring substituents is 1. The van der Waals surface area contributed by atoms with Crippen molar-refractivity contribution in [1.29, 1.82) is 0 Å². The smallest absolute Gasteiger partial charge is 0.271 e. The molecule has 8 heteroatoms. The Balaban J connectivity index is 1.94. The van der Waals surface area contributed by atoms with Crippen molar-refractivity contribution in [2.45, 2.75) is 13.5 Å². The fourth-order valence-corrected chi connectivity index (χ4v) is 1.96. The van der Waals surface area contributed by atoms with Gasteiger partial charge in [0.2, 0.25) is 0 Å². The SMILES string of the molecule is Cc1c(CNC(=S)Nc2cccc([N+](=O)[O-])c2)cnn1C. The first-order chi connectivity index (χ1) is 9.97. The zero-order valence-corrected chi connectivity index (χ0v) is 12.5. The van der Waals surface area contributed by atoms with Gasteiger partial charge in [0.15, 0.2) is 5.11 Å². The lowest BCUT2D eigenvalue weighted by atomic mass is 10.2. The Hall–Kier alpha value is -2.48. The molecular formula is C13H15N5O2S. The Bertz CT molecular complexity index is 683. The molecule has 7 nitrogen and oxygen atoms in total. The molecule has 2 aromatic rings. The van der Waals surface area contributed by atoms with Crippen molar-refractivity contribution in [2.24, 2.45) is 7.05 Å². The molecule has 0 aliphatic heterocycles. The molecule has 0 atom stereocenters.